The highest BCUT2D eigenvalue weighted by Crippen LogP contribution is 2.26. The zero-order valence-electron chi connectivity index (χ0n) is 11.9. The van der Waals surface area contributed by atoms with Crippen LogP contribution in [0.2, 0.25) is 0 Å². The average Bonchev–Trinajstić information content (AvgIpc) is 2.32. The number of rotatable bonds is 8. The van der Waals surface area contributed by atoms with Gasteiger partial charge < -0.3 is 19.8 Å². The van der Waals surface area contributed by atoms with Crippen molar-refractivity contribution in [3.8, 4) is 0 Å². The lowest BCUT2D eigenvalue weighted by atomic mass is 9.99. The van der Waals surface area contributed by atoms with Crippen LogP contribution < -0.4 is 0 Å². The van der Waals surface area contributed by atoms with Gasteiger partial charge in [-0.3, -0.25) is 0 Å². The lowest BCUT2D eigenvalue weighted by Crippen LogP contribution is -2.68. The van der Waals surface area contributed by atoms with Crippen molar-refractivity contribution in [3.05, 3.63) is 0 Å². The highest BCUT2D eigenvalue weighted by Gasteiger charge is 2.43. The lowest BCUT2D eigenvalue weighted by Gasteiger charge is -2.51. The van der Waals surface area contributed by atoms with E-state index in [-0.39, 0.29) is 37.9 Å². The summed E-state index contributed by atoms with van der Waals surface area (Å²) in [5.41, 5.74) is 0. The lowest BCUT2D eigenvalue weighted by molar-refractivity contribution is -0.993. The third-order valence-corrected chi connectivity index (χ3v) is 3.94. The molecule has 0 amide bonds. The molecule has 3 N–H and O–H groups in total. The van der Waals surface area contributed by atoms with E-state index in [2.05, 4.69) is 13.8 Å². The van der Waals surface area contributed by atoms with E-state index < -0.39 is 0 Å². The molecule has 0 aliphatic heterocycles. The highest BCUT2D eigenvalue weighted by atomic mass is 16.3. The second kappa shape index (κ2) is 7.31. The summed E-state index contributed by atoms with van der Waals surface area (Å²) in [5.74, 6) is 0.451. The van der Waals surface area contributed by atoms with Crippen LogP contribution in [0.15, 0.2) is 0 Å². The Morgan fingerprint density at radius 1 is 0.706 bits per heavy atom. The molecule has 0 aromatic carbocycles. The van der Waals surface area contributed by atoms with Gasteiger partial charge in [0.05, 0.1) is 26.4 Å². The molecular formula is C13H30NO3+. The Kier molecular flexibility index (Phi) is 7.24. The summed E-state index contributed by atoms with van der Waals surface area (Å²) < 4.78 is 0.571. The number of hydrogen-bond acceptors (Lipinski definition) is 3. The van der Waals surface area contributed by atoms with Gasteiger partial charge in [0.2, 0.25) is 0 Å². The summed E-state index contributed by atoms with van der Waals surface area (Å²) in [5, 5.41) is 28.5. The summed E-state index contributed by atoms with van der Waals surface area (Å²) in [4.78, 5) is 0. The minimum absolute atomic E-state index is 0.0155. The van der Waals surface area contributed by atoms with Crippen LogP contribution in [-0.2, 0) is 0 Å². The molecule has 4 heteroatoms. The standard InChI is InChI=1S/C13H30NO3/c1-10(2)6-14(11(3)7-15,12(4)8-16)13(5)9-17/h10-13,15-17H,6-9H2,1-5H3/q+1. The van der Waals surface area contributed by atoms with E-state index in [0.29, 0.717) is 10.4 Å². The second-order valence-electron chi connectivity index (χ2n) is 5.67. The summed E-state index contributed by atoms with van der Waals surface area (Å²) in [6.45, 7) is 11.3. The smallest absolute Gasteiger partial charge is 0.110 e. The van der Waals surface area contributed by atoms with E-state index >= 15 is 0 Å². The molecule has 4 nitrogen and oxygen atoms in total. The molecule has 17 heavy (non-hydrogen) atoms. The van der Waals surface area contributed by atoms with Crippen LogP contribution in [0.3, 0.4) is 0 Å². The van der Waals surface area contributed by atoms with Crippen molar-refractivity contribution in [2.75, 3.05) is 26.4 Å². The summed E-state index contributed by atoms with van der Waals surface area (Å²) in [7, 11) is 0. The summed E-state index contributed by atoms with van der Waals surface area (Å²) in [6, 6.07) is 0.0464. The van der Waals surface area contributed by atoms with E-state index in [1.807, 2.05) is 20.8 Å². The van der Waals surface area contributed by atoms with Gasteiger partial charge in [-0.1, -0.05) is 13.8 Å². The number of aliphatic hydroxyl groups excluding tert-OH is 3. The summed E-state index contributed by atoms with van der Waals surface area (Å²) in [6.07, 6.45) is 0. The third kappa shape index (κ3) is 3.65. The van der Waals surface area contributed by atoms with Gasteiger partial charge in [-0.25, -0.2) is 0 Å². The van der Waals surface area contributed by atoms with Crippen molar-refractivity contribution in [1.82, 2.24) is 0 Å². The number of hydrogen-bond donors (Lipinski definition) is 3. The van der Waals surface area contributed by atoms with E-state index in [1.165, 1.54) is 0 Å². The van der Waals surface area contributed by atoms with E-state index in [9.17, 15) is 15.3 Å². The van der Waals surface area contributed by atoms with E-state index in [0.717, 1.165) is 6.54 Å². The van der Waals surface area contributed by atoms with Crippen molar-refractivity contribution in [2.45, 2.75) is 52.7 Å². The first kappa shape index (κ1) is 16.8. The number of quaternary nitrogens is 1. The Morgan fingerprint density at radius 2 is 1.00 bits per heavy atom. The van der Waals surface area contributed by atoms with Gasteiger partial charge in [0.1, 0.15) is 18.1 Å². The van der Waals surface area contributed by atoms with Crippen molar-refractivity contribution in [2.24, 2.45) is 5.92 Å². The van der Waals surface area contributed by atoms with Crippen LogP contribution in [0.4, 0.5) is 0 Å². The van der Waals surface area contributed by atoms with Gasteiger partial charge in [-0.15, -0.1) is 0 Å². The number of aliphatic hydroxyl groups is 3. The maximum atomic E-state index is 9.49. The largest absolute Gasteiger partial charge is 0.390 e. The first-order valence-electron chi connectivity index (χ1n) is 6.56. The molecule has 0 bridgehead atoms. The fraction of sp³-hybridized carbons (Fsp3) is 1.00. The molecule has 0 aliphatic carbocycles. The fourth-order valence-electron chi connectivity index (χ4n) is 2.93. The molecular weight excluding hydrogens is 218 g/mol. The summed E-state index contributed by atoms with van der Waals surface area (Å²) >= 11 is 0. The topological polar surface area (TPSA) is 60.7 Å². The maximum Gasteiger partial charge on any atom is 0.110 e. The predicted molar refractivity (Wildman–Crippen MR) is 69.6 cm³/mol. The molecule has 0 rings (SSSR count). The molecule has 0 aliphatic rings. The zero-order valence-corrected chi connectivity index (χ0v) is 11.9. The molecule has 3 atom stereocenters. The third-order valence-electron chi connectivity index (χ3n) is 3.94. The van der Waals surface area contributed by atoms with Crippen LogP contribution in [-0.4, -0.2) is 64.3 Å². The SMILES string of the molecule is CC(C)C[N+](C(C)CO)(C(C)CO)C(C)CO. The Bertz CT molecular complexity index is 182. The van der Waals surface area contributed by atoms with Crippen LogP contribution in [0.1, 0.15) is 34.6 Å². The molecule has 0 aromatic heterocycles. The monoisotopic (exact) mass is 248 g/mol. The fourth-order valence-corrected chi connectivity index (χ4v) is 2.93. The number of nitrogens with zero attached hydrogens (tertiary/aromatic N) is 1. The molecule has 0 radical (unpaired) electrons. The van der Waals surface area contributed by atoms with Gasteiger partial charge in [0.15, 0.2) is 0 Å². The quantitative estimate of drug-likeness (QED) is 0.551. The van der Waals surface area contributed by atoms with E-state index in [1.54, 1.807) is 0 Å². The average molecular weight is 248 g/mol. The predicted octanol–water partition coefficient (Wildman–Crippen LogP) is 0.602. The highest BCUT2D eigenvalue weighted by molar-refractivity contribution is 4.67. The molecule has 0 aromatic rings. The molecule has 0 heterocycles. The van der Waals surface area contributed by atoms with Crippen molar-refractivity contribution < 1.29 is 19.8 Å². The first-order chi connectivity index (χ1) is 7.86. The van der Waals surface area contributed by atoms with Crippen molar-refractivity contribution in [3.63, 3.8) is 0 Å². The van der Waals surface area contributed by atoms with E-state index in [4.69, 9.17) is 0 Å². The second-order valence-corrected chi connectivity index (χ2v) is 5.67. The van der Waals surface area contributed by atoms with Crippen molar-refractivity contribution >= 4 is 0 Å². The van der Waals surface area contributed by atoms with Gasteiger partial charge in [-0.05, 0) is 20.8 Å². The normalized spacial score (nSPS) is 21.0. The van der Waals surface area contributed by atoms with Gasteiger partial charge in [0, 0.05) is 5.92 Å². The van der Waals surface area contributed by atoms with Gasteiger partial charge in [-0.2, -0.15) is 0 Å². The molecule has 0 saturated heterocycles. The van der Waals surface area contributed by atoms with Gasteiger partial charge in [0.25, 0.3) is 0 Å². The Balaban J connectivity index is 5.34. The van der Waals surface area contributed by atoms with Gasteiger partial charge >= 0.3 is 0 Å². The first-order valence-corrected chi connectivity index (χ1v) is 6.56. The molecule has 0 saturated carbocycles. The zero-order chi connectivity index (χ0) is 13.6. The Hall–Kier alpha value is -0.160. The minimum Gasteiger partial charge on any atom is -0.390 e. The minimum atomic E-state index is 0.0155. The molecule has 3 unspecified atom stereocenters. The Morgan fingerprint density at radius 3 is 1.18 bits per heavy atom. The molecule has 104 valence electrons. The van der Waals surface area contributed by atoms with Crippen LogP contribution in [0.5, 0.6) is 0 Å². The van der Waals surface area contributed by atoms with Crippen LogP contribution in [0, 0.1) is 5.92 Å². The van der Waals surface area contributed by atoms with Crippen LogP contribution >= 0.6 is 0 Å². The van der Waals surface area contributed by atoms with Crippen LogP contribution in [0.25, 0.3) is 0 Å². The maximum absolute atomic E-state index is 9.49. The molecule has 0 fully saturated rings. The molecule has 0 spiro atoms. The Labute approximate surface area is 105 Å². The van der Waals surface area contributed by atoms with Crippen molar-refractivity contribution in [1.29, 1.82) is 0 Å².